The van der Waals surface area contributed by atoms with Gasteiger partial charge in [-0.3, -0.25) is 23.4 Å². The Hall–Kier alpha value is -2.30. The number of unbranched alkanes of at least 4 members (excludes halogenated alkanes) is 33. The fourth-order valence-electron chi connectivity index (χ4n) is 12.0. The minimum Gasteiger partial charge on any atom is -0.463 e. The maximum absolute atomic E-state index is 14.3. The molecule has 0 aromatic heterocycles. The van der Waals surface area contributed by atoms with Crippen molar-refractivity contribution in [3.8, 4) is 0 Å². The van der Waals surface area contributed by atoms with Crippen LogP contribution >= 0.6 is 7.82 Å². The first-order valence-corrected chi connectivity index (χ1v) is 38.0. The van der Waals surface area contributed by atoms with Crippen LogP contribution in [0.5, 0.6) is 0 Å². The Kier molecular flexibility index (Phi) is 47.3. The Morgan fingerprint density at radius 3 is 1.16 bits per heavy atom. The molecule has 552 valence electrons. The summed E-state index contributed by atoms with van der Waals surface area (Å²) in [6.07, 6.45) is 8.76. The van der Waals surface area contributed by atoms with E-state index in [0.717, 1.165) is 96.3 Å². The Balaban J connectivity index is 1.75. The first-order chi connectivity index (χ1) is 45.3. The summed E-state index contributed by atoms with van der Waals surface area (Å²) in [6.45, 7) is 3.40. The number of ether oxygens (including phenoxy) is 7. The van der Waals surface area contributed by atoms with Gasteiger partial charge in [-0.1, -0.05) is 226 Å². The van der Waals surface area contributed by atoms with E-state index in [-0.39, 0.29) is 19.3 Å². The summed E-state index contributed by atoms with van der Waals surface area (Å²) in [7, 11) is -5.69. The minimum atomic E-state index is -5.69. The SMILES string of the molecule is CCCCCCCCC/C=C\CCCCCC(=O)OCC(COP(=O)(O)OC1C(OC2OC(CO)C(O)C(O)C2O)C(O)C(O)C(O)C1OC1OC(COC(=O)CCCCCCCCCCCCCCCC)C(O)C(O)C1O)OC(=O)CCCCCCCCCCCCC. The fraction of sp³-hybridized carbons (Fsp3) is 0.928. The Morgan fingerprint density at radius 1 is 0.404 bits per heavy atom. The third-order valence-electron chi connectivity index (χ3n) is 18.0. The zero-order valence-corrected chi connectivity index (χ0v) is 58.2. The highest BCUT2D eigenvalue weighted by atomic mass is 31.2. The molecule has 1 aliphatic carbocycles. The van der Waals surface area contributed by atoms with Crippen molar-refractivity contribution in [3.63, 3.8) is 0 Å². The van der Waals surface area contributed by atoms with Gasteiger partial charge in [0.05, 0.1) is 13.2 Å². The first-order valence-electron chi connectivity index (χ1n) is 36.5. The zero-order valence-electron chi connectivity index (χ0n) is 57.3. The molecule has 24 nitrogen and oxygen atoms in total. The van der Waals surface area contributed by atoms with Crippen molar-refractivity contribution in [2.45, 2.75) is 382 Å². The van der Waals surface area contributed by atoms with Crippen LogP contribution in [0, 0.1) is 0 Å². The quantitative estimate of drug-likeness (QED) is 0.00888. The maximum Gasteiger partial charge on any atom is 0.472 e. The molecule has 2 saturated heterocycles. The van der Waals surface area contributed by atoms with Crippen molar-refractivity contribution in [2.75, 3.05) is 26.4 Å². The molecule has 3 aliphatic rings. The Labute approximate surface area is 561 Å². The highest BCUT2D eigenvalue weighted by Crippen LogP contribution is 2.49. The van der Waals surface area contributed by atoms with Gasteiger partial charge in [-0.05, 0) is 44.9 Å². The fourth-order valence-corrected chi connectivity index (χ4v) is 13.0. The number of phosphoric acid groups is 1. The smallest absolute Gasteiger partial charge is 0.463 e. The van der Waals surface area contributed by atoms with Crippen LogP contribution in [0.25, 0.3) is 0 Å². The third kappa shape index (κ3) is 35.1. The largest absolute Gasteiger partial charge is 0.472 e. The molecule has 3 rings (SSSR count). The number of carbonyl (C=O) groups is 3. The molecular formula is C69H127O24P. The van der Waals surface area contributed by atoms with Crippen LogP contribution in [-0.2, 0) is 61.2 Å². The lowest BCUT2D eigenvalue weighted by molar-refractivity contribution is -0.360. The number of hydrogen-bond donors (Lipinski definition) is 11. The van der Waals surface area contributed by atoms with Gasteiger partial charge < -0.3 is 89.1 Å². The molecular weight excluding hydrogens is 1240 g/mol. The van der Waals surface area contributed by atoms with E-state index in [1.165, 1.54) is 122 Å². The van der Waals surface area contributed by atoms with Gasteiger partial charge in [-0.2, -0.15) is 0 Å². The van der Waals surface area contributed by atoms with Crippen LogP contribution in [0.4, 0.5) is 0 Å². The molecule has 25 heteroatoms. The van der Waals surface area contributed by atoms with Crippen LogP contribution in [0.3, 0.4) is 0 Å². The topological polar surface area (TPSA) is 374 Å². The predicted octanol–water partition coefficient (Wildman–Crippen LogP) is 9.18. The van der Waals surface area contributed by atoms with Crippen LogP contribution in [0.1, 0.15) is 278 Å². The molecule has 94 heavy (non-hydrogen) atoms. The van der Waals surface area contributed by atoms with E-state index >= 15 is 0 Å². The van der Waals surface area contributed by atoms with Crippen molar-refractivity contribution >= 4 is 25.7 Å². The minimum absolute atomic E-state index is 0.0277. The molecule has 1 saturated carbocycles. The van der Waals surface area contributed by atoms with Gasteiger partial charge in [-0.25, -0.2) is 4.57 Å². The van der Waals surface area contributed by atoms with Gasteiger partial charge in [0.15, 0.2) is 18.7 Å². The van der Waals surface area contributed by atoms with Crippen molar-refractivity contribution in [3.05, 3.63) is 12.2 Å². The van der Waals surface area contributed by atoms with Crippen LogP contribution < -0.4 is 0 Å². The van der Waals surface area contributed by atoms with Gasteiger partial charge in [0.25, 0.3) is 0 Å². The molecule has 0 bridgehead atoms. The van der Waals surface area contributed by atoms with Crippen LogP contribution in [-0.4, -0.2) is 204 Å². The highest BCUT2D eigenvalue weighted by molar-refractivity contribution is 7.47. The maximum atomic E-state index is 14.3. The molecule has 0 radical (unpaired) electrons. The summed E-state index contributed by atoms with van der Waals surface area (Å²) in [6, 6.07) is 0. The normalized spacial score (nSPS) is 28.3. The van der Waals surface area contributed by atoms with E-state index in [4.69, 9.17) is 42.2 Å². The van der Waals surface area contributed by atoms with Gasteiger partial charge in [0, 0.05) is 19.3 Å². The highest BCUT2D eigenvalue weighted by Gasteiger charge is 2.58. The number of phosphoric ester groups is 1. The van der Waals surface area contributed by atoms with Crippen LogP contribution in [0.15, 0.2) is 12.2 Å². The molecule has 18 unspecified atom stereocenters. The number of allylic oxidation sites excluding steroid dienone is 2. The van der Waals surface area contributed by atoms with E-state index in [1.54, 1.807) is 0 Å². The van der Waals surface area contributed by atoms with Gasteiger partial charge in [0.2, 0.25) is 0 Å². The molecule has 2 aliphatic heterocycles. The lowest BCUT2D eigenvalue weighted by atomic mass is 9.84. The molecule has 11 N–H and O–H groups in total. The lowest BCUT2D eigenvalue weighted by Crippen LogP contribution is -2.69. The van der Waals surface area contributed by atoms with E-state index in [9.17, 15) is 74.9 Å². The Morgan fingerprint density at radius 2 is 0.745 bits per heavy atom. The van der Waals surface area contributed by atoms with E-state index < -0.39 is 156 Å². The standard InChI is InChI=1S/C69H127O24P/c1-4-7-10-13-16-19-22-24-26-29-31-34-37-40-43-53(71)85-47-50(88-55(73)45-42-39-36-33-28-21-18-15-12-9-6-3)48-87-94(83,84)93-67-65(91-68-63(81)58(76)56(74)51(46-70)89-68)61(79)60(78)62(80)66(67)92-69-64(82)59(77)57(75)52(90-69)49-86-54(72)44-41-38-35-32-30-27-25-23-20-17-14-11-8-5-2/h26,29,50-52,56-70,74-82H,4-25,27-28,30-49H2,1-3H3,(H,83,84)/b29-26-. The van der Waals surface area contributed by atoms with Crippen molar-refractivity contribution in [1.29, 1.82) is 0 Å². The van der Waals surface area contributed by atoms with E-state index in [2.05, 4.69) is 32.9 Å². The second-order valence-corrected chi connectivity index (χ2v) is 27.7. The van der Waals surface area contributed by atoms with Crippen molar-refractivity contribution < 1.29 is 117 Å². The summed E-state index contributed by atoms with van der Waals surface area (Å²) in [5.74, 6) is -2.00. The van der Waals surface area contributed by atoms with E-state index in [1.807, 2.05) is 0 Å². The molecule has 2 heterocycles. The predicted molar refractivity (Wildman–Crippen MR) is 352 cm³/mol. The molecule has 3 fully saturated rings. The monoisotopic (exact) mass is 1370 g/mol. The second-order valence-electron chi connectivity index (χ2n) is 26.3. The van der Waals surface area contributed by atoms with Gasteiger partial charge in [0.1, 0.15) is 98.7 Å². The van der Waals surface area contributed by atoms with Crippen molar-refractivity contribution in [1.82, 2.24) is 0 Å². The molecule has 18 atom stereocenters. The summed E-state index contributed by atoms with van der Waals surface area (Å²) in [4.78, 5) is 50.8. The average Bonchev–Trinajstić information content (AvgIpc) is 0.766. The van der Waals surface area contributed by atoms with Gasteiger partial charge >= 0.3 is 25.7 Å². The summed E-state index contributed by atoms with van der Waals surface area (Å²) in [5, 5.41) is 110. The molecule has 0 aromatic rings. The Bertz CT molecular complexity index is 2010. The second kappa shape index (κ2) is 51.8. The summed E-state index contributed by atoms with van der Waals surface area (Å²) >= 11 is 0. The molecule has 0 amide bonds. The number of aliphatic hydroxyl groups excluding tert-OH is 10. The van der Waals surface area contributed by atoms with Crippen LogP contribution in [0.2, 0.25) is 0 Å². The van der Waals surface area contributed by atoms with Gasteiger partial charge in [-0.15, -0.1) is 0 Å². The third-order valence-corrected chi connectivity index (χ3v) is 19.0. The molecule has 0 spiro atoms. The number of hydrogen-bond acceptors (Lipinski definition) is 23. The summed E-state index contributed by atoms with van der Waals surface area (Å²) in [5.41, 5.74) is 0. The average molecular weight is 1370 g/mol. The number of esters is 3. The zero-order chi connectivity index (χ0) is 68.9. The first kappa shape index (κ1) is 85.9. The molecule has 0 aromatic carbocycles. The number of aliphatic hydroxyl groups is 10. The van der Waals surface area contributed by atoms with Crippen molar-refractivity contribution in [2.24, 2.45) is 0 Å². The number of rotatable bonds is 56. The number of carbonyl (C=O) groups excluding carboxylic acids is 3. The summed E-state index contributed by atoms with van der Waals surface area (Å²) < 4.78 is 64.9. The van der Waals surface area contributed by atoms with E-state index in [0.29, 0.717) is 19.3 Å². The lowest BCUT2D eigenvalue weighted by Gasteiger charge is -2.49.